The first-order valence-corrected chi connectivity index (χ1v) is 2.45. The summed E-state index contributed by atoms with van der Waals surface area (Å²) in [6.45, 7) is 0. The Morgan fingerprint density at radius 1 is 1.50 bits per heavy atom. The van der Waals surface area contributed by atoms with Gasteiger partial charge in [0.2, 0.25) is 0 Å². The second-order valence-electron chi connectivity index (χ2n) is 1.72. The molecule has 0 spiro atoms. The van der Waals surface area contributed by atoms with Crippen LogP contribution in [0.25, 0.3) is 0 Å². The summed E-state index contributed by atoms with van der Waals surface area (Å²) in [6, 6.07) is 0.920. The number of nitrogens with one attached hydrogen (secondary N) is 1. The molecular formula is C5H5NO4. The monoisotopic (exact) mass is 143 g/mol. The van der Waals surface area contributed by atoms with Crippen molar-refractivity contribution < 1.29 is 20.1 Å². The predicted octanol–water partition coefficient (Wildman–Crippen LogP) is 0.124. The minimum Gasteiger partial charge on any atom is -0.505 e. The van der Waals surface area contributed by atoms with Gasteiger partial charge in [0.25, 0.3) is 0 Å². The second kappa shape index (κ2) is 1.94. The number of aromatic amines is 1. The summed E-state index contributed by atoms with van der Waals surface area (Å²) in [7, 11) is 0. The highest BCUT2D eigenvalue weighted by Gasteiger charge is 2.12. The molecule has 0 amide bonds. The molecule has 0 radical (unpaired) electrons. The molecule has 54 valence electrons. The number of carbonyl (C=O) groups is 1. The average molecular weight is 143 g/mol. The first-order chi connectivity index (χ1) is 4.61. The maximum absolute atomic E-state index is 10.1. The minimum atomic E-state index is -1.31. The molecule has 0 aliphatic carbocycles. The normalized spacial score (nSPS) is 9.60. The number of rotatable bonds is 1. The van der Waals surface area contributed by atoms with Crippen molar-refractivity contribution in [3.05, 3.63) is 11.8 Å². The lowest BCUT2D eigenvalue weighted by atomic mass is 10.4. The van der Waals surface area contributed by atoms with Crippen LogP contribution < -0.4 is 0 Å². The van der Waals surface area contributed by atoms with E-state index < -0.39 is 17.4 Å². The van der Waals surface area contributed by atoms with Gasteiger partial charge in [0.15, 0.2) is 17.3 Å². The Balaban J connectivity index is 3.15. The van der Waals surface area contributed by atoms with Crippen LogP contribution in [0.2, 0.25) is 0 Å². The van der Waals surface area contributed by atoms with Crippen molar-refractivity contribution in [1.29, 1.82) is 0 Å². The van der Waals surface area contributed by atoms with Crippen LogP contribution >= 0.6 is 0 Å². The van der Waals surface area contributed by atoms with E-state index in [1.165, 1.54) is 0 Å². The molecule has 0 bridgehead atoms. The fraction of sp³-hybridized carbons (Fsp3) is 0. The summed E-state index contributed by atoms with van der Waals surface area (Å²) < 4.78 is 0. The van der Waals surface area contributed by atoms with Crippen LogP contribution in [0.1, 0.15) is 10.5 Å². The zero-order valence-corrected chi connectivity index (χ0v) is 4.83. The smallest absolute Gasteiger partial charge is 0.356 e. The van der Waals surface area contributed by atoms with Gasteiger partial charge in [-0.15, -0.1) is 0 Å². The average Bonchev–Trinajstić information content (AvgIpc) is 2.10. The van der Waals surface area contributed by atoms with Crippen molar-refractivity contribution in [2.24, 2.45) is 0 Å². The third kappa shape index (κ3) is 0.883. The summed E-state index contributed by atoms with van der Waals surface area (Å²) in [6.07, 6.45) is 0. The zero-order valence-electron chi connectivity index (χ0n) is 4.83. The van der Waals surface area contributed by atoms with Gasteiger partial charge in [0.1, 0.15) is 0 Å². The number of carboxylic acids is 1. The van der Waals surface area contributed by atoms with Gasteiger partial charge < -0.3 is 20.3 Å². The van der Waals surface area contributed by atoms with Crippen LogP contribution in [-0.4, -0.2) is 26.3 Å². The molecule has 0 saturated heterocycles. The third-order valence-electron chi connectivity index (χ3n) is 0.997. The molecule has 0 aromatic carbocycles. The Labute approximate surface area is 55.5 Å². The first-order valence-electron chi connectivity index (χ1n) is 2.45. The lowest BCUT2D eigenvalue weighted by Gasteiger charge is -1.86. The van der Waals surface area contributed by atoms with Crippen LogP contribution in [-0.2, 0) is 0 Å². The van der Waals surface area contributed by atoms with Crippen LogP contribution in [0.5, 0.6) is 11.6 Å². The van der Waals surface area contributed by atoms with E-state index in [4.69, 9.17) is 15.3 Å². The van der Waals surface area contributed by atoms with Gasteiger partial charge in [-0.2, -0.15) is 0 Å². The van der Waals surface area contributed by atoms with Gasteiger partial charge in [-0.25, -0.2) is 4.79 Å². The number of aromatic carboxylic acids is 1. The molecule has 0 aliphatic heterocycles. The molecule has 0 saturated carbocycles. The van der Waals surface area contributed by atoms with Crippen LogP contribution in [0, 0.1) is 0 Å². The van der Waals surface area contributed by atoms with Crippen molar-refractivity contribution >= 4 is 5.97 Å². The summed E-state index contributed by atoms with van der Waals surface area (Å²) >= 11 is 0. The van der Waals surface area contributed by atoms with Gasteiger partial charge in [-0.1, -0.05) is 0 Å². The molecule has 0 atom stereocenters. The molecule has 1 heterocycles. The van der Waals surface area contributed by atoms with Crippen molar-refractivity contribution in [3.8, 4) is 11.6 Å². The number of aromatic hydroxyl groups is 2. The molecule has 0 fully saturated rings. The molecule has 5 heteroatoms. The third-order valence-corrected chi connectivity index (χ3v) is 0.997. The highest BCUT2D eigenvalue weighted by Crippen LogP contribution is 2.21. The Bertz CT molecular complexity index is 265. The largest absolute Gasteiger partial charge is 0.505 e. The topological polar surface area (TPSA) is 93.5 Å². The van der Waals surface area contributed by atoms with E-state index in [1.54, 1.807) is 0 Å². The molecule has 1 aromatic rings. The Morgan fingerprint density at radius 2 is 2.10 bits per heavy atom. The molecule has 0 unspecified atom stereocenters. The SMILES string of the molecule is O=C(O)c1[nH]c(O)cc1O. The number of H-pyrrole nitrogens is 1. The van der Waals surface area contributed by atoms with E-state index in [0.717, 1.165) is 6.07 Å². The van der Waals surface area contributed by atoms with Crippen LogP contribution in [0.3, 0.4) is 0 Å². The number of aromatic nitrogens is 1. The quantitative estimate of drug-likeness (QED) is 0.449. The molecule has 10 heavy (non-hydrogen) atoms. The van der Waals surface area contributed by atoms with Crippen molar-refractivity contribution in [1.82, 2.24) is 4.98 Å². The van der Waals surface area contributed by atoms with Gasteiger partial charge >= 0.3 is 5.97 Å². The van der Waals surface area contributed by atoms with E-state index in [-0.39, 0.29) is 5.88 Å². The lowest BCUT2D eigenvalue weighted by Crippen LogP contribution is -1.95. The van der Waals surface area contributed by atoms with Gasteiger partial charge in [-0.3, -0.25) is 0 Å². The predicted molar refractivity (Wildman–Crippen MR) is 31.1 cm³/mol. The molecule has 0 aliphatic rings. The maximum atomic E-state index is 10.1. The van der Waals surface area contributed by atoms with Gasteiger partial charge in [0, 0.05) is 6.07 Å². The maximum Gasteiger partial charge on any atom is 0.356 e. The van der Waals surface area contributed by atoms with E-state index in [0.29, 0.717) is 0 Å². The van der Waals surface area contributed by atoms with E-state index in [9.17, 15) is 4.79 Å². The van der Waals surface area contributed by atoms with Crippen molar-refractivity contribution in [2.45, 2.75) is 0 Å². The molecular weight excluding hydrogens is 138 g/mol. The first kappa shape index (κ1) is 6.47. The second-order valence-corrected chi connectivity index (χ2v) is 1.72. The van der Waals surface area contributed by atoms with E-state index in [2.05, 4.69) is 0 Å². The summed E-state index contributed by atoms with van der Waals surface area (Å²) in [5, 5.41) is 25.6. The van der Waals surface area contributed by atoms with Crippen LogP contribution in [0.15, 0.2) is 6.07 Å². The standard InChI is InChI=1S/C5H5NO4/c7-2-1-3(8)6-4(2)5(9)10/h1,6-8H,(H,9,10). The zero-order chi connectivity index (χ0) is 7.72. The van der Waals surface area contributed by atoms with Gasteiger partial charge in [-0.05, 0) is 0 Å². The lowest BCUT2D eigenvalue weighted by molar-refractivity contribution is 0.0687. The van der Waals surface area contributed by atoms with Crippen molar-refractivity contribution in [3.63, 3.8) is 0 Å². The van der Waals surface area contributed by atoms with E-state index in [1.807, 2.05) is 4.98 Å². The number of carboxylic acid groups (broad SMARTS) is 1. The summed E-state index contributed by atoms with van der Waals surface area (Å²) in [5.74, 6) is -2.14. The molecule has 1 rings (SSSR count). The summed E-state index contributed by atoms with van der Waals surface area (Å²) in [5.41, 5.74) is -0.405. The molecule has 4 N–H and O–H groups in total. The van der Waals surface area contributed by atoms with Gasteiger partial charge in [0.05, 0.1) is 0 Å². The van der Waals surface area contributed by atoms with Crippen LogP contribution in [0.4, 0.5) is 0 Å². The Morgan fingerprint density at radius 3 is 2.30 bits per heavy atom. The van der Waals surface area contributed by atoms with Crippen molar-refractivity contribution in [2.75, 3.05) is 0 Å². The number of hydrogen-bond donors (Lipinski definition) is 4. The van der Waals surface area contributed by atoms with E-state index >= 15 is 0 Å². The fourth-order valence-electron chi connectivity index (χ4n) is 0.593. The summed E-state index contributed by atoms with van der Waals surface area (Å²) in [4.78, 5) is 12.2. The highest BCUT2D eigenvalue weighted by molar-refractivity contribution is 5.89. The number of hydrogen-bond acceptors (Lipinski definition) is 3. The minimum absolute atomic E-state index is 0.366. The molecule has 5 nitrogen and oxygen atoms in total. The Kier molecular flexibility index (Phi) is 1.26. The Hall–Kier alpha value is -1.65. The fourth-order valence-corrected chi connectivity index (χ4v) is 0.593. The highest BCUT2D eigenvalue weighted by atomic mass is 16.4. The molecule has 1 aromatic heterocycles.